The van der Waals surface area contributed by atoms with E-state index in [0.717, 1.165) is 11.1 Å². The Hall–Kier alpha value is -0.600. The molecule has 0 saturated carbocycles. The fraction of sp³-hybridized carbons (Fsp3) is 0. The zero-order chi connectivity index (χ0) is 7.40. The molecule has 0 spiro atoms. The SMILES string of the molecule is S=[C]c1ccccc1[C]=S. The molecule has 2 radical (unpaired) electrons. The number of thiocarbonyl (C=S) groups is 2. The summed E-state index contributed by atoms with van der Waals surface area (Å²) in [6.07, 6.45) is 0. The Morgan fingerprint density at radius 2 is 1.30 bits per heavy atom. The lowest BCUT2D eigenvalue weighted by atomic mass is 10.1. The monoisotopic (exact) mass is 164 g/mol. The third-order valence-corrected chi connectivity index (χ3v) is 1.59. The first-order chi connectivity index (χ1) is 4.88. The number of hydrogen-bond acceptors (Lipinski definition) is 2. The average Bonchev–Trinajstić information content (AvgIpc) is 2.04. The second-order valence-electron chi connectivity index (χ2n) is 1.75. The summed E-state index contributed by atoms with van der Waals surface area (Å²) >= 11 is 9.27. The predicted molar refractivity (Wildman–Crippen MR) is 49.8 cm³/mol. The summed E-state index contributed by atoms with van der Waals surface area (Å²) < 4.78 is 0. The molecule has 0 aromatic heterocycles. The highest BCUT2D eigenvalue weighted by Crippen LogP contribution is 2.02. The van der Waals surface area contributed by atoms with E-state index in [9.17, 15) is 0 Å². The molecule has 0 amide bonds. The summed E-state index contributed by atoms with van der Waals surface area (Å²) in [6, 6.07) is 7.51. The minimum absolute atomic E-state index is 0.840. The second-order valence-corrected chi connectivity index (χ2v) is 2.16. The summed E-state index contributed by atoms with van der Waals surface area (Å²) in [5, 5.41) is 5.20. The summed E-state index contributed by atoms with van der Waals surface area (Å²) in [6.45, 7) is 0. The van der Waals surface area contributed by atoms with Crippen LogP contribution < -0.4 is 0 Å². The van der Waals surface area contributed by atoms with Crippen molar-refractivity contribution in [2.24, 2.45) is 0 Å². The minimum atomic E-state index is 0.840. The molecule has 0 N–H and O–H groups in total. The number of benzene rings is 1. The van der Waals surface area contributed by atoms with Gasteiger partial charge in [-0.3, -0.25) is 0 Å². The fourth-order valence-corrected chi connectivity index (χ4v) is 1.02. The fourth-order valence-electron chi connectivity index (χ4n) is 0.661. The summed E-state index contributed by atoms with van der Waals surface area (Å²) in [5.41, 5.74) is 1.68. The molecular formula is C8H4S2. The van der Waals surface area contributed by atoms with Crippen molar-refractivity contribution in [1.82, 2.24) is 0 Å². The largest absolute Gasteiger partial charge is 0.0778 e. The second kappa shape index (κ2) is 3.54. The van der Waals surface area contributed by atoms with Gasteiger partial charge in [-0.05, 0) is 0 Å². The van der Waals surface area contributed by atoms with E-state index in [1.165, 1.54) is 0 Å². The maximum Gasteiger partial charge on any atom is 0.0642 e. The first-order valence-corrected chi connectivity index (χ1v) is 3.55. The smallest absolute Gasteiger partial charge is 0.0642 e. The lowest BCUT2D eigenvalue weighted by Gasteiger charge is -1.93. The van der Waals surface area contributed by atoms with Crippen LogP contribution in [0.3, 0.4) is 0 Å². The van der Waals surface area contributed by atoms with Crippen molar-refractivity contribution in [1.29, 1.82) is 0 Å². The molecule has 0 atom stereocenters. The molecule has 1 rings (SSSR count). The van der Waals surface area contributed by atoms with E-state index >= 15 is 0 Å². The van der Waals surface area contributed by atoms with E-state index in [1.807, 2.05) is 24.3 Å². The zero-order valence-corrected chi connectivity index (χ0v) is 6.76. The highest BCUT2D eigenvalue weighted by atomic mass is 32.1. The Morgan fingerprint density at radius 1 is 0.900 bits per heavy atom. The van der Waals surface area contributed by atoms with E-state index in [0.29, 0.717) is 0 Å². The van der Waals surface area contributed by atoms with E-state index < -0.39 is 0 Å². The topological polar surface area (TPSA) is 0 Å². The Kier molecular flexibility index (Phi) is 2.66. The van der Waals surface area contributed by atoms with Gasteiger partial charge in [-0.2, -0.15) is 0 Å². The molecular weight excluding hydrogens is 160 g/mol. The van der Waals surface area contributed by atoms with Crippen molar-refractivity contribution in [2.45, 2.75) is 0 Å². The lowest BCUT2D eigenvalue weighted by molar-refractivity contribution is 1.66. The maximum absolute atomic E-state index is 4.64. The summed E-state index contributed by atoms with van der Waals surface area (Å²) in [4.78, 5) is 0. The van der Waals surface area contributed by atoms with Gasteiger partial charge in [-0.25, -0.2) is 0 Å². The first-order valence-electron chi connectivity index (χ1n) is 2.74. The summed E-state index contributed by atoms with van der Waals surface area (Å²) in [7, 11) is 0. The van der Waals surface area contributed by atoms with Crippen molar-refractivity contribution in [3.05, 3.63) is 35.4 Å². The maximum atomic E-state index is 4.64. The molecule has 2 heteroatoms. The third-order valence-electron chi connectivity index (χ3n) is 1.15. The molecule has 0 aliphatic heterocycles. The molecule has 0 saturated heterocycles. The number of rotatable bonds is 2. The molecule has 48 valence electrons. The molecule has 0 aliphatic carbocycles. The molecule has 0 fully saturated rings. The van der Waals surface area contributed by atoms with Crippen LogP contribution in [0.15, 0.2) is 24.3 Å². The minimum Gasteiger partial charge on any atom is -0.0778 e. The highest BCUT2D eigenvalue weighted by Gasteiger charge is 1.92. The molecule has 10 heavy (non-hydrogen) atoms. The van der Waals surface area contributed by atoms with Crippen molar-refractivity contribution < 1.29 is 0 Å². The van der Waals surface area contributed by atoms with Gasteiger partial charge in [0.2, 0.25) is 0 Å². The van der Waals surface area contributed by atoms with Gasteiger partial charge in [0, 0.05) is 11.1 Å². The normalized spacial score (nSPS) is 8.80. The molecule has 0 nitrogen and oxygen atoms in total. The van der Waals surface area contributed by atoms with Crippen LogP contribution in [0.4, 0.5) is 0 Å². The number of hydrogen-bond donors (Lipinski definition) is 0. The van der Waals surface area contributed by atoms with E-state index in [-0.39, 0.29) is 0 Å². The van der Waals surface area contributed by atoms with Gasteiger partial charge in [0.15, 0.2) is 0 Å². The van der Waals surface area contributed by atoms with Gasteiger partial charge in [0.1, 0.15) is 0 Å². The van der Waals surface area contributed by atoms with Crippen LogP contribution in [0.2, 0.25) is 0 Å². The standard InChI is InChI=1S/C8H4S2/c9-5-7-3-1-2-4-8(7)6-10/h1-4H. The summed E-state index contributed by atoms with van der Waals surface area (Å²) in [5.74, 6) is 0. The average molecular weight is 164 g/mol. The molecule has 0 aliphatic rings. The van der Waals surface area contributed by atoms with Gasteiger partial charge in [0.05, 0.1) is 10.7 Å². The van der Waals surface area contributed by atoms with Gasteiger partial charge >= 0.3 is 0 Å². The van der Waals surface area contributed by atoms with Crippen LogP contribution >= 0.6 is 24.4 Å². The van der Waals surface area contributed by atoms with Crippen LogP contribution in [0, 0.1) is 0 Å². The Labute approximate surface area is 70.9 Å². The predicted octanol–water partition coefficient (Wildman–Crippen LogP) is 2.14. The van der Waals surface area contributed by atoms with Crippen molar-refractivity contribution in [3.63, 3.8) is 0 Å². The molecule has 0 unspecified atom stereocenters. The van der Waals surface area contributed by atoms with Gasteiger partial charge in [-0.1, -0.05) is 48.7 Å². The Balaban J connectivity index is 3.20. The van der Waals surface area contributed by atoms with Crippen LogP contribution in [0.25, 0.3) is 0 Å². The third kappa shape index (κ3) is 1.46. The van der Waals surface area contributed by atoms with E-state index in [4.69, 9.17) is 0 Å². The van der Waals surface area contributed by atoms with Crippen molar-refractivity contribution in [3.8, 4) is 0 Å². The van der Waals surface area contributed by atoms with Crippen molar-refractivity contribution in [2.75, 3.05) is 0 Å². The van der Waals surface area contributed by atoms with Gasteiger partial charge in [0.25, 0.3) is 0 Å². The van der Waals surface area contributed by atoms with E-state index in [2.05, 4.69) is 35.2 Å². The van der Waals surface area contributed by atoms with Gasteiger partial charge in [-0.15, -0.1) is 0 Å². The quantitative estimate of drug-likeness (QED) is 0.614. The lowest BCUT2D eigenvalue weighted by Crippen LogP contribution is -1.86. The molecule has 1 aromatic rings. The zero-order valence-electron chi connectivity index (χ0n) is 5.13. The van der Waals surface area contributed by atoms with Crippen LogP contribution in [-0.4, -0.2) is 10.7 Å². The highest BCUT2D eigenvalue weighted by molar-refractivity contribution is 7.79. The van der Waals surface area contributed by atoms with Gasteiger partial charge < -0.3 is 0 Å². The Morgan fingerprint density at radius 3 is 1.60 bits per heavy atom. The molecule has 0 heterocycles. The Bertz CT molecular complexity index is 226. The molecule has 1 aromatic carbocycles. The van der Waals surface area contributed by atoms with Crippen LogP contribution in [-0.2, 0) is 0 Å². The van der Waals surface area contributed by atoms with E-state index in [1.54, 1.807) is 0 Å². The van der Waals surface area contributed by atoms with Crippen LogP contribution in [0.1, 0.15) is 11.1 Å². The van der Waals surface area contributed by atoms with Crippen LogP contribution in [0.5, 0.6) is 0 Å². The molecule has 0 bridgehead atoms. The van der Waals surface area contributed by atoms with Crippen molar-refractivity contribution >= 4 is 35.2 Å². The first kappa shape index (κ1) is 7.51.